The average molecular weight is 620 g/mol. The fourth-order valence-corrected chi connectivity index (χ4v) is 5.68. The number of aliphatic hydroxyl groups excluding tert-OH is 1. The van der Waals surface area contributed by atoms with Crippen molar-refractivity contribution < 1.29 is 27.8 Å². The minimum Gasteiger partial charge on any atom is -0.495 e. The molecule has 0 bridgehead atoms. The van der Waals surface area contributed by atoms with Crippen molar-refractivity contribution in [2.45, 2.75) is 51.7 Å². The van der Waals surface area contributed by atoms with Gasteiger partial charge in [0.1, 0.15) is 35.6 Å². The molecule has 3 rings (SSSR count). The van der Waals surface area contributed by atoms with Crippen molar-refractivity contribution in [1.82, 2.24) is 0 Å². The van der Waals surface area contributed by atoms with Crippen molar-refractivity contribution in [3.05, 3.63) is 106 Å². The quantitative estimate of drug-likeness (QED) is 0.162. The molecule has 0 aliphatic rings. The molecule has 3 aromatic rings. The van der Waals surface area contributed by atoms with Gasteiger partial charge in [0.25, 0.3) is 0 Å². The van der Waals surface area contributed by atoms with Gasteiger partial charge in [0.05, 0.1) is 23.8 Å². The maximum Gasteiger partial charge on any atom is 0.137 e. The monoisotopic (exact) mass is 619 g/mol. The van der Waals surface area contributed by atoms with Crippen molar-refractivity contribution >= 4 is 28.4 Å². The van der Waals surface area contributed by atoms with Gasteiger partial charge >= 0.3 is 0 Å². The first kappa shape index (κ1) is 33.6. The predicted octanol–water partition coefficient (Wildman–Crippen LogP) is 9.09. The summed E-state index contributed by atoms with van der Waals surface area (Å²) in [5.41, 5.74) is 2.38. The zero-order valence-corrected chi connectivity index (χ0v) is 26.3. The first-order valence-corrected chi connectivity index (χ1v) is 14.9. The molecule has 0 fully saturated rings. The Labute approximate surface area is 255 Å². The SMILES string of the molecule is COc1cc(C(C)(C)C(=CN=C(C)SCc2c(F)cc(OCCO)cc2F)C(C)C(C)c2ccc(F)cc2)ccc1Cl. The number of benzene rings is 3. The second-order valence-corrected chi connectivity index (χ2v) is 12.1. The molecule has 42 heavy (non-hydrogen) atoms. The Hall–Kier alpha value is -2.94. The highest BCUT2D eigenvalue weighted by Crippen LogP contribution is 2.43. The van der Waals surface area contributed by atoms with E-state index in [0.717, 1.165) is 28.8 Å². The molecule has 226 valence electrons. The van der Waals surface area contributed by atoms with Crippen molar-refractivity contribution in [2.75, 3.05) is 20.3 Å². The first-order valence-electron chi connectivity index (χ1n) is 13.6. The summed E-state index contributed by atoms with van der Waals surface area (Å²) in [6.07, 6.45) is 1.83. The lowest BCUT2D eigenvalue weighted by Crippen LogP contribution is -2.27. The molecule has 3 aromatic carbocycles. The summed E-state index contributed by atoms with van der Waals surface area (Å²) < 4.78 is 53.5. The lowest BCUT2D eigenvalue weighted by Gasteiger charge is -2.35. The number of rotatable bonds is 12. The summed E-state index contributed by atoms with van der Waals surface area (Å²) in [5, 5.41) is 10.0. The molecular weight excluding hydrogens is 583 g/mol. The number of methoxy groups -OCH3 is 1. The van der Waals surface area contributed by atoms with Gasteiger partial charge in [0, 0.05) is 35.1 Å². The van der Waals surface area contributed by atoms with Crippen LogP contribution < -0.4 is 9.47 Å². The van der Waals surface area contributed by atoms with E-state index < -0.39 is 17.0 Å². The van der Waals surface area contributed by atoms with E-state index in [1.54, 1.807) is 32.2 Å². The molecule has 0 amide bonds. The third kappa shape index (κ3) is 8.33. The molecule has 1 N–H and O–H groups in total. The Morgan fingerprint density at radius 2 is 1.69 bits per heavy atom. The Morgan fingerprint density at radius 3 is 2.29 bits per heavy atom. The van der Waals surface area contributed by atoms with E-state index in [9.17, 15) is 13.2 Å². The highest BCUT2D eigenvalue weighted by atomic mass is 35.5. The average Bonchev–Trinajstić information content (AvgIpc) is 2.95. The molecule has 0 saturated carbocycles. The van der Waals surface area contributed by atoms with Gasteiger partial charge in [0.2, 0.25) is 0 Å². The maximum absolute atomic E-state index is 14.6. The normalized spacial score (nSPS) is 14.1. The van der Waals surface area contributed by atoms with Crippen LogP contribution in [0.2, 0.25) is 5.02 Å². The zero-order valence-electron chi connectivity index (χ0n) is 24.7. The molecule has 0 spiro atoms. The fourth-order valence-electron chi connectivity index (χ4n) is 4.73. The summed E-state index contributed by atoms with van der Waals surface area (Å²) >= 11 is 7.53. The minimum atomic E-state index is -0.723. The molecule has 4 nitrogen and oxygen atoms in total. The standard InChI is InChI=1S/C33H37ClF3NO3S/c1-20(23-7-10-25(35)11-8-23)21(2)28(33(4,5)24-9-12-29(34)32(15-24)40-6)18-38-22(3)42-19-27-30(36)16-26(17-31(27)37)41-14-13-39/h7-12,15-18,20-21,39H,13-14,19H2,1-6H3. The van der Waals surface area contributed by atoms with E-state index >= 15 is 0 Å². The summed E-state index contributed by atoms with van der Waals surface area (Å²) in [6, 6.07) is 14.4. The van der Waals surface area contributed by atoms with Gasteiger partial charge in [-0.1, -0.05) is 57.5 Å². The van der Waals surface area contributed by atoms with Crippen LogP contribution in [-0.4, -0.2) is 30.5 Å². The van der Waals surface area contributed by atoms with Gasteiger partial charge in [-0.2, -0.15) is 0 Å². The molecule has 0 saturated heterocycles. The second kappa shape index (κ2) is 15.0. The van der Waals surface area contributed by atoms with Crippen LogP contribution in [0.5, 0.6) is 11.5 Å². The van der Waals surface area contributed by atoms with Crippen LogP contribution in [0.3, 0.4) is 0 Å². The van der Waals surface area contributed by atoms with Crippen LogP contribution in [0.1, 0.15) is 57.2 Å². The van der Waals surface area contributed by atoms with E-state index in [-0.39, 0.29) is 47.9 Å². The Balaban J connectivity index is 1.95. The van der Waals surface area contributed by atoms with Crippen LogP contribution in [0.4, 0.5) is 13.2 Å². The fraction of sp³-hybridized carbons (Fsp3) is 0.364. The highest BCUT2D eigenvalue weighted by Gasteiger charge is 2.33. The van der Waals surface area contributed by atoms with E-state index in [0.29, 0.717) is 15.8 Å². The Kier molecular flexibility index (Phi) is 12.0. The number of hydrogen-bond donors (Lipinski definition) is 1. The van der Waals surface area contributed by atoms with Gasteiger partial charge in [-0.3, -0.25) is 4.99 Å². The molecule has 0 radical (unpaired) electrons. The van der Waals surface area contributed by atoms with Gasteiger partial charge in [-0.25, -0.2) is 13.2 Å². The van der Waals surface area contributed by atoms with E-state index in [2.05, 4.69) is 27.7 Å². The molecule has 0 aromatic heterocycles. The minimum absolute atomic E-state index is 0.0185. The van der Waals surface area contributed by atoms with Gasteiger partial charge in [-0.05, 0) is 59.7 Å². The van der Waals surface area contributed by atoms with Crippen LogP contribution in [0.15, 0.2) is 71.4 Å². The van der Waals surface area contributed by atoms with Gasteiger partial charge < -0.3 is 14.6 Å². The van der Waals surface area contributed by atoms with Crippen LogP contribution in [0.25, 0.3) is 0 Å². The van der Waals surface area contributed by atoms with E-state index in [4.69, 9.17) is 31.2 Å². The molecule has 0 aliphatic carbocycles. The van der Waals surface area contributed by atoms with Crippen LogP contribution >= 0.6 is 23.4 Å². The summed E-state index contributed by atoms with van der Waals surface area (Å²) in [6.45, 7) is 9.88. The number of thioether (sulfide) groups is 1. The number of allylic oxidation sites excluding steroid dienone is 1. The summed E-state index contributed by atoms with van der Waals surface area (Å²) in [7, 11) is 1.57. The smallest absolute Gasteiger partial charge is 0.137 e. The third-order valence-corrected chi connectivity index (χ3v) is 8.78. The predicted molar refractivity (Wildman–Crippen MR) is 166 cm³/mol. The zero-order chi connectivity index (χ0) is 31.0. The molecule has 2 atom stereocenters. The van der Waals surface area contributed by atoms with E-state index in [1.165, 1.54) is 23.9 Å². The third-order valence-electron chi connectivity index (χ3n) is 7.52. The summed E-state index contributed by atoms with van der Waals surface area (Å²) in [5.74, 6) is -1.10. The Morgan fingerprint density at radius 1 is 1.05 bits per heavy atom. The van der Waals surface area contributed by atoms with Crippen LogP contribution in [0, 0.1) is 23.4 Å². The van der Waals surface area contributed by atoms with Crippen molar-refractivity contribution in [3.8, 4) is 11.5 Å². The summed E-state index contributed by atoms with van der Waals surface area (Å²) in [4.78, 5) is 4.72. The molecular formula is C33H37ClF3NO3S. The van der Waals surface area contributed by atoms with Crippen LogP contribution in [-0.2, 0) is 11.2 Å². The van der Waals surface area contributed by atoms with Gasteiger partial charge in [0.15, 0.2) is 0 Å². The first-order chi connectivity index (χ1) is 19.9. The topological polar surface area (TPSA) is 51.0 Å². The molecule has 0 aliphatic heterocycles. The molecule has 2 unspecified atom stereocenters. The highest BCUT2D eigenvalue weighted by molar-refractivity contribution is 8.13. The number of ether oxygens (including phenoxy) is 2. The molecule has 9 heteroatoms. The maximum atomic E-state index is 14.6. The number of hydrogen-bond acceptors (Lipinski definition) is 5. The van der Waals surface area contributed by atoms with Crippen molar-refractivity contribution in [2.24, 2.45) is 10.9 Å². The van der Waals surface area contributed by atoms with Crippen molar-refractivity contribution in [3.63, 3.8) is 0 Å². The number of aliphatic imine (C=N–C) groups is 1. The number of nitrogens with zero attached hydrogens (tertiary/aromatic N) is 1. The van der Waals surface area contributed by atoms with E-state index in [1.807, 2.05) is 18.3 Å². The second-order valence-electron chi connectivity index (χ2n) is 10.6. The largest absolute Gasteiger partial charge is 0.495 e. The number of halogens is 4. The van der Waals surface area contributed by atoms with Gasteiger partial charge in [-0.15, -0.1) is 11.8 Å². The number of aliphatic hydroxyl groups is 1. The Bertz CT molecular complexity index is 1400. The lowest BCUT2D eigenvalue weighted by atomic mass is 9.69. The lowest BCUT2D eigenvalue weighted by molar-refractivity contribution is 0.200. The van der Waals surface area contributed by atoms with Crippen molar-refractivity contribution in [1.29, 1.82) is 0 Å². The molecule has 0 heterocycles.